The molecule has 1 aliphatic rings. The van der Waals surface area contributed by atoms with Crippen molar-refractivity contribution in [1.82, 2.24) is 4.90 Å². The Hall–Kier alpha value is -1.10. The van der Waals surface area contributed by atoms with Gasteiger partial charge >= 0.3 is 5.97 Å². The van der Waals surface area contributed by atoms with Crippen LogP contribution in [0.1, 0.15) is 46.0 Å². The number of rotatable bonds is 4. The molecule has 0 aliphatic heterocycles. The number of hydrogen-bond donors (Lipinski definition) is 1. The molecule has 1 aliphatic carbocycles. The number of nitrogens with two attached hydrogens (primary N) is 1. The number of nitrogens with zero attached hydrogens (tertiary/aromatic N) is 1. The first kappa shape index (κ1) is 16.0. The zero-order valence-corrected chi connectivity index (χ0v) is 12.2. The van der Waals surface area contributed by atoms with Crippen LogP contribution in [0.25, 0.3) is 0 Å². The second kappa shape index (κ2) is 7.48. The highest BCUT2D eigenvalue weighted by molar-refractivity contribution is 5.84. The zero-order chi connectivity index (χ0) is 14.4. The summed E-state index contributed by atoms with van der Waals surface area (Å²) in [5, 5.41) is 0. The molecule has 2 atom stereocenters. The Labute approximate surface area is 115 Å². The van der Waals surface area contributed by atoms with Crippen molar-refractivity contribution < 1.29 is 14.3 Å². The van der Waals surface area contributed by atoms with Gasteiger partial charge in [-0.05, 0) is 26.7 Å². The van der Waals surface area contributed by atoms with Gasteiger partial charge in [-0.2, -0.15) is 0 Å². The number of ether oxygens (including phenoxy) is 1. The molecule has 0 radical (unpaired) electrons. The highest BCUT2D eigenvalue weighted by Gasteiger charge is 2.32. The van der Waals surface area contributed by atoms with Crippen molar-refractivity contribution in [2.45, 2.75) is 58.0 Å². The fourth-order valence-electron chi connectivity index (χ4n) is 2.57. The van der Waals surface area contributed by atoms with Crippen LogP contribution in [-0.2, 0) is 14.3 Å². The lowest BCUT2D eigenvalue weighted by atomic mass is 9.93. The number of esters is 1. The average Bonchev–Trinajstić information content (AvgIpc) is 2.59. The van der Waals surface area contributed by atoms with Gasteiger partial charge in [-0.25, -0.2) is 0 Å². The molecule has 5 nitrogen and oxygen atoms in total. The quantitative estimate of drug-likeness (QED) is 0.617. The summed E-state index contributed by atoms with van der Waals surface area (Å²) in [6.07, 6.45) is 4.97. The summed E-state index contributed by atoms with van der Waals surface area (Å²) in [7, 11) is 1.34. The fourth-order valence-corrected chi connectivity index (χ4v) is 2.57. The van der Waals surface area contributed by atoms with E-state index in [0.717, 1.165) is 32.1 Å². The third kappa shape index (κ3) is 4.49. The monoisotopic (exact) mass is 270 g/mol. The van der Waals surface area contributed by atoms with Gasteiger partial charge in [0.2, 0.25) is 5.91 Å². The normalized spacial score (nSPS) is 23.8. The lowest BCUT2D eigenvalue weighted by Crippen LogP contribution is -2.48. The summed E-state index contributed by atoms with van der Waals surface area (Å²) in [5.41, 5.74) is 6.12. The third-order valence-electron chi connectivity index (χ3n) is 3.82. The van der Waals surface area contributed by atoms with Gasteiger partial charge in [-0.1, -0.05) is 19.3 Å². The molecule has 0 saturated heterocycles. The first-order valence-electron chi connectivity index (χ1n) is 7.10. The van der Waals surface area contributed by atoms with Crippen LogP contribution in [0, 0.1) is 5.92 Å². The summed E-state index contributed by atoms with van der Waals surface area (Å²) in [6, 6.07) is -0.115. The molecule has 0 heterocycles. The van der Waals surface area contributed by atoms with Crippen molar-refractivity contribution in [1.29, 1.82) is 0 Å². The van der Waals surface area contributed by atoms with Crippen LogP contribution in [-0.4, -0.2) is 42.5 Å². The Morgan fingerprint density at radius 2 is 1.89 bits per heavy atom. The van der Waals surface area contributed by atoms with E-state index >= 15 is 0 Å². The molecule has 0 aromatic rings. The van der Waals surface area contributed by atoms with Crippen molar-refractivity contribution in [2.24, 2.45) is 11.7 Å². The second-order valence-electron chi connectivity index (χ2n) is 5.54. The Bertz CT molecular complexity index is 318. The molecule has 1 rings (SSSR count). The maximum absolute atomic E-state index is 12.6. The summed E-state index contributed by atoms with van der Waals surface area (Å²) in [4.78, 5) is 25.6. The van der Waals surface area contributed by atoms with Crippen molar-refractivity contribution in [2.75, 3.05) is 13.7 Å². The summed E-state index contributed by atoms with van der Waals surface area (Å²) < 4.78 is 4.66. The van der Waals surface area contributed by atoms with Crippen molar-refractivity contribution >= 4 is 11.9 Å². The maximum Gasteiger partial charge on any atom is 0.325 e. The number of carbonyl (C=O) groups excluding carboxylic acids is 2. The van der Waals surface area contributed by atoms with Gasteiger partial charge in [-0.15, -0.1) is 0 Å². The van der Waals surface area contributed by atoms with Crippen molar-refractivity contribution in [3.8, 4) is 0 Å². The average molecular weight is 270 g/mol. The molecule has 0 bridgehead atoms. The second-order valence-corrected chi connectivity index (χ2v) is 5.54. The predicted molar refractivity (Wildman–Crippen MR) is 73.4 cm³/mol. The first-order valence-corrected chi connectivity index (χ1v) is 7.10. The third-order valence-corrected chi connectivity index (χ3v) is 3.82. The first-order chi connectivity index (χ1) is 8.97. The number of amides is 1. The molecule has 0 aromatic heterocycles. The Morgan fingerprint density at radius 1 is 1.26 bits per heavy atom. The molecule has 1 amide bonds. The van der Waals surface area contributed by atoms with E-state index in [2.05, 4.69) is 4.74 Å². The Morgan fingerprint density at radius 3 is 2.47 bits per heavy atom. The molecule has 2 unspecified atom stereocenters. The highest BCUT2D eigenvalue weighted by Crippen LogP contribution is 2.24. The minimum absolute atomic E-state index is 0.00481. The van der Waals surface area contributed by atoms with E-state index in [1.165, 1.54) is 7.11 Å². The fraction of sp³-hybridized carbons (Fsp3) is 0.857. The van der Waals surface area contributed by atoms with Crippen molar-refractivity contribution in [3.63, 3.8) is 0 Å². The lowest BCUT2D eigenvalue weighted by molar-refractivity contribution is -0.150. The molecular weight excluding hydrogens is 244 g/mol. The Balaban J connectivity index is 2.76. The van der Waals surface area contributed by atoms with Crippen LogP contribution >= 0.6 is 0 Å². The van der Waals surface area contributed by atoms with Crippen LogP contribution in [0.5, 0.6) is 0 Å². The summed E-state index contributed by atoms with van der Waals surface area (Å²) in [5.74, 6) is -0.548. The number of methoxy groups -OCH3 is 1. The minimum atomic E-state index is -0.385. The highest BCUT2D eigenvalue weighted by atomic mass is 16.5. The van der Waals surface area contributed by atoms with E-state index in [9.17, 15) is 9.59 Å². The molecule has 19 heavy (non-hydrogen) atoms. The van der Waals surface area contributed by atoms with Gasteiger partial charge < -0.3 is 15.4 Å². The molecule has 110 valence electrons. The standard InChI is InChI=1S/C14H26N2O3/c1-10(2)16(9-13(17)19-3)14(18)11-7-5-4-6-8-12(11)15/h10-12H,4-9,15H2,1-3H3. The van der Waals surface area contributed by atoms with Gasteiger partial charge in [0.25, 0.3) is 0 Å². The lowest BCUT2D eigenvalue weighted by Gasteiger charge is -2.31. The van der Waals surface area contributed by atoms with E-state index in [-0.39, 0.29) is 36.4 Å². The molecule has 2 N–H and O–H groups in total. The Kier molecular flexibility index (Phi) is 6.28. The SMILES string of the molecule is COC(=O)CN(C(=O)C1CCCCCC1N)C(C)C. The topological polar surface area (TPSA) is 72.6 Å². The maximum atomic E-state index is 12.6. The smallest absolute Gasteiger partial charge is 0.325 e. The van der Waals surface area contributed by atoms with Crippen LogP contribution in [0.4, 0.5) is 0 Å². The van der Waals surface area contributed by atoms with Crippen LogP contribution in [0.2, 0.25) is 0 Å². The summed E-state index contributed by atoms with van der Waals surface area (Å²) in [6.45, 7) is 3.82. The predicted octanol–water partition coefficient (Wildman–Crippen LogP) is 1.30. The van der Waals surface area contributed by atoms with E-state index in [4.69, 9.17) is 5.73 Å². The summed E-state index contributed by atoms with van der Waals surface area (Å²) >= 11 is 0. The van der Waals surface area contributed by atoms with E-state index in [1.54, 1.807) is 4.90 Å². The minimum Gasteiger partial charge on any atom is -0.468 e. The van der Waals surface area contributed by atoms with Gasteiger partial charge in [-0.3, -0.25) is 9.59 Å². The van der Waals surface area contributed by atoms with Crippen LogP contribution in [0.15, 0.2) is 0 Å². The van der Waals surface area contributed by atoms with Gasteiger partial charge in [0, 0.05) is 12.1 Å². The molecule has 0 aromatic carbocycles. The number of carbonyl (C=O) groups is 2. The largest absolute Gasteiger partial charge is 0.468 e. The van der Waals surface area contributed by atoms with Gasteiger partial charge in [0.05, 0.1) is 13.0 Å². The molecular formula is C14H26N2O3. The number of hydrogen-bond acceptors (Lipinski definition) is 4. The van der Waals surface area contributed by atoms with Gasteiger partial charge in [0.15, 0.2) is 0 Å². The zero-order valence-electron chi connectivity index (χ0n) is 12.2. The van der Waals surface area contributed by atoms with E-state index < -0.39 is 0 Å². The van der Waals surface area contributed by atoms with E-state index in [0.29, 0.717) is 0 Å². The molecule has 5 heteroatoms. The molecule has 1 saturated carbocycles. The molecule has 1 fully saturated rings. The van der Waals surface area contributed by atoms with E-state index in [1.807, 2.05) is 13.8 Å². The van der Waals surface area contributed by atoms with Crippen LogP contribution < -0.4 is 5.73 Å². The van der Waals surface area contributed by atoms with Crippen molar-refractivity contribution in [3.05, 3.63) is 0 Å². The van der Waals surface area contributed by atoms with Gasteiger partial charge in [0.1, 0.15) is 6.54 Å². The molecule has 0 spiro atoms. The van der Waals surface area contributed by atoms with Crippen LogP contribution in [0.3, 0.4) is 0 Å².